The SMILES string of the molecule is CNc1cc(N2CCCC3CCCCC32)cc([N+](=O)[O-])c1. The van der Waals surface area contributed by atoms with Crippen LogP contribution in [-0.2, 0) is 0 Å². The second-order valence-electron chi connectivity index (χ2n) is 6.19. The van der Waals surface area contributed by atoms with E-state index in [-0.39, 0.29) is 10.6 Å². The first-order valence-electron chi connectivity index (χ1n) is 7.93. The molecule has 2 atom stereocenters. The van der Waals surface area contributed by atoms with E-state index in [2.05, 4.69) is 10.2 Å². The number of fused-ring (bicyclic) bond motifs is 1. The monoisotopic (exact) mass is 289 g/mol. The molecule has 1 N–H and O–H groups in total. The third-order valence-corrected chi connectivity index (χ3v) is 4.98. The highest BCUT2D eigenvalue weighted by Gasteiger charge is 2.33. The molecule has 0 bridgehead atoms. The van der Waals surface area contributed by atoms with Crippen LogP contribution in [0.2, 0.25) is 0 Å². The number of nitrogens with zero attached hydrogens (tertiary/aromatic N) is 2. The van der Waals surface area contributed by atoms with Crippen molar-refractivity contribution < 1.29 is 4.92 Å². The lowest BCUT2D eigenvalue weighted by Gasteiger charge is -2.45. The Labute approximate surface area is 125 Å². The minimum absolute atomic E-state index is 0.176. The highest BCUT2D eigenvalue weighted by atomic mass is 16.6. The summed E-state index contributed by atoms with van der Waals surface area (Å²) in [4.78, 5) is 13.3. The molecule has 1 aromatic carbocycles. The Morgan fingerprint density at radius 3 is 2.71 bits per heavy atom. The number of hydrogen-bond donors (Lipinski definition) is 1. The van der Waals surface area contributed by atoms with E-state index in [4.69, 9.17) is 0 Å². The van der Waals surface area contributed by atoms with Crippen LogP contribution in [0.25, 0.3) is 0 Å². The molecule has 2 unspecified atom stereocenters. The van der Waals surface area contributed by atoms with Gasteiger partial charge in [-0.25, -0.2) is 0 Å². The summed E-state index contributed by atoms with van der Waals surface area (Å²) >= 11 is 0. The number of nitro groups is 1. The molecule has 1 aliphatic carbocycles. The molecule has 5 nitrogen and oxygen atoms in total. The number of nitrogens with one attached hydrogen (secondary N) is 1. The molecule has 114 valence electrons. The average molecular weight is 289 g/mol. The molecule has 5 heteroatoms. The Morgan fingerprint density at radius 2 is 1.95 bits per heavy atom. The number of hydrogen-bond acceptors (Lipinski definition) is 4. The van der Waals surface area contributed by atoms with Crippen molar-refractivity contribution in [3.05, 3.63) is 28.3 Å². The van der Waals surface area contributed by atoms with Gasteiger partial charge in [-0.3, -0.25) is 10.1 Å². The van der Waals surface area contributed by atoms with Gasteiger partial charge in [-0.2, -0.15) is 0 Å². The van der Waals surface area contributed by atoms with E-state index in [1.807, 2.05) is 13.1 Å². The van der Waals surface area contributed by atoms with Crippen molar-refractivity contribution in [1.29, 1.82) is 0 Å². The molecule has 0 amide bonds. The van der Waals surface area contributed by atoms with Crippen LogP contribution in [0.3, 0.4) is 0 Å². The van der Waals surface area contributed by atoms with E-state index in [1.54, 1.807) is 12.1 Å². The van der Waals surface area contributed by atoms with Crippen molar-refractivity contribution in [2.75, 3.05) is 23.8 Å². The zero-order chi connectivity index (χ0) is 14.8. The highest BCUT2D eigenvalue weighted by molar-refractivity contribution is 5.65. The van der Waals surface area contributed by atoms with Crippen molar-refractivity contribution in [3.63, 3.8) is 0 Å². The molecule has 1 aromatic rings. The molecule has 1 heterocycles. The van der Waals surface area contributed by atoms with Crippen LogP contribution >= 0.6 is 0 Å². The van der Waals surface area contributed by atoms with E-state index in [9.17, 15) is 10.1 Å². The second-order valence-corrected chi connectivity index (χ2v) is 6.19. The Bertz CT molecular complexity index is 530. The number of piperidine rings is 1. The van der Waals surface area contributed by atoms with E-state index >= 15 is 0 Å². The van der Waals surface area contributed by atoms with E-state index in [1.165, 1.54) is 38.5 Å². The van der Waals surface area contributed by atoms with Gasteiger partial charge in [-0.15, -0.1) is 0 Å². The lowest BCUT2D eigenvalue weighted by Crippen LogP contribution is -2.46. The van der Waals surface area contributed by atoms with E-state index in [0.717, 1.165) is 23.8 Å². The van der Waals surface area contributed by atoms with Crippen LogP contribution in [0.5, 0.6) is 0 Å². The molecular weight excluding hydrogens is 266 g/mol. The Kier molecular flexibility index (Phi) is 3.99. The van der Waals surface area contributed by atoms with Gasteiger partial charge < -0.3 is 10.2 Å². The summed E-state index contributed by atoms with van der Waals surface area (Å²) in [5.41, 5.74) is 2.00. The molecule has 2 fully saturated rings. The number of rotatable bonds is 3. The van der Waals surface area contributed by atoms with Crippen LogP contribution in [0.4, 0.5) is 17.1 Å². The number of benzene rings is 1. The first-order valence-corrected chi connectivity index (χ1v) is 7.93. The van der Waals surface area contributed by atoms with Crippen molar-refractivity contribution in [2.45, 2.75) is 44.6 Å². The molecule has 1 saturated heterocycles. The Hall–Kier alpha value is -1.78. The van der Waals surface area contributed by atoms with Gasteiger partial charge in [0.25, 0.3) is 5.69 Å². The summed E-state index contributed by atoms with van der Waals surface area (Å²) in [5, 5.41) is 14.2. The van der Waals surface area contributed by atoms with Gasteiger partial charge in [-0.05, 0) is 37.7 Å². The Balaban J connectivity index is 1.94. The summed E-state index contributed by atoms with van der Waals surface area (Å²) in [7, 11) is 1.81. The maximum Gasteiger partial charge on any atom is 0.273 e. The zero-order valence-corrected chi connectivity index (χ0v) is 12.5. The van der Waals surface area contributed by atoms with Crippen LogP contribution in [0, 0.1) is 16.0 Å². The molecule has 1 aliphatic heterocycles. The highest BCUT2D eigenvalue weighted by Crippen LogP contribution is 2.39. The van der Waals surface area contributed by atoms with Crippen LogP contribution < -0.4 is 10.2 Å². The van der Waals surface area contributed by atoms with Crippen LogP contribution in [-0.4, -0.2) is 24.6 Å². The molecule has 0 spiro atoms. The van der Waals surface area contributed by atoms with Gasteiger partial charge in [0, 0.05) is 43.1 Å². The second kappa shape index (κ2) is 5.92. The normalized spacial score (nSPS) is 25.3. The first-order chi connectivity index (χ1) is 10.2. The summed E-state index contributed by atoms with van der Waals surface area (Å²) in [6.45, 7) is 1.02. The first kappa shape index (κ1) is 14.2. The predicted molar refractivity (Wildman–Crippen MR) is 85.0 cm³/mol. The fraction of sp³-hybridized carbons (Fsp3) is 0.625. The fourth-order valence-electron chi connectivity index (χ4n) is 3.96. The maximum atomic E-state index is 11.1. The van der Waals surface area contributed by atoms with Gasteiger partial charge in [0.2, 0.25) is 0 Å². The standard InChI is InChI=1S/C16H23N3O2/c1-17-13-9-14(11-15(10-13)19(20)21)18-8-4-6-12-5-2-3-7-16(12)18/h9-12,16-17H,2-8H2,1H3. The van der Waals surface area contributed by atoms with Crippen LogP contribution in [0.15, 0.2) is 18.2 Å². The van der Waals surface area contributed by atoms with Crippen LogP contribution in [0.1, 0.15) is 38.5 Å². The lowest BCUT2D eigenvalue weighted by atomic mass is 9.78. The topological polar surface area (TPSA) is 58.4 Å². The van der Waals surface area contributed by atoms with Gasteiger partial charge in [0.05, 0.1) is 4.92 Å². The van der Waals surface area contributed by atoms with Gasteiger partial charge in [0.15, 0.2) is 0 Å². The van der Waals surface area contributed by atoms with Crippen molar-refractivity contribution in [1.82, 2.24) is 0 Å². The van der Waals surface area contributed by atoms with Gasteiger partial charge in [-0.1, -0.05) is 12.8 Å². The smallest absolute Gasteiger partial charge is 0.273 e. The molecule has 0 radical (unpaired) electrons. The molecule has 21 heavy (non-hydrogen) atoms. The summed E-state index contributed by atoms with van der Waals surface area (Å²) in [6.07, 6.45) is 7.67. The third kappa shape index (κ3) is 2.82. The van der Waals surface area contributed by atoms with E-state index < -0.39 is 0 Å². The Morgan fingerprint density at radius 1 is 1.19 bits per heavy atom. The molecule has 2 aliphatic rings. The number of non-ortho nitro benzene ring substituents is 1. The lowest BCUT2D eigenvalue weighted by molar-refractivity contribution is -0.384. The van der Waals surface area contributed by atoms with E-state index in [0.29, 0.717) is 6.04 Å². The molecule has 3 rings (SSSR count). The average Bonchev–Trinajstić information content (AvgIpc) is 2.53. The summed E-state index contributed by atoms with van der Waals surface area (Å²) in [5.74, 6) is 0.768. The number of anilines is 2. The molecule has 0 aromatic heterocycles. The van der Waals surface area contributed by atoms with Crippen molar-refractivity contribution in [3.8, 4) is 0 Å². The minimum Gasteiger partial charge on any atom is -0.388 e. The summed E-state index contributed by atoms with van der Waals surface area (Å²) in [6, 6.07) is 5.95. The van der Waals surface area contributed by atoms with Gasteiger partial charge >= 0.3 is 0 Å². The fourth-order valence-corrected chi connectivity index (χ4v) is 3.96. The van der Waals surface area contributed by atoms with Crippen molar-refractivity contribution in [2.24, 2.45) is 5.92 Å². The quantitative estimate of drug-likeness (QED) is 0.679. The largest absolute Gasteiger partial charge is 0.388 e. The predicted octanol–water partition coefficient (Wildman–Crippen LogP) is 3.80. The summed E-state index contributed by atoms with van der Waals surface area (Å²) < 4.78 is 0. The molecule has 1 saturated carbocycles. The molecular formula is C16H23N3O2. The third-order valence-electron chi connectivity index (χ3n) is 4.98. The minimum atomic E-state index is -0.299. The zero-order valence-electron chi connectivity index (χ0n) is 12.5. The number of nitro benzene ring substituents is 1. The van der Waals surface area contributed by atoms with Crippen molar-refractivity contribution >= 4 is 17.1 Å². The maximum absolute atomic E-state index is 11.1. The van der Waals surface area contributed by atoms with Gasteiger partial charge in [0.1, 0.15) is 0 Å².